The lowest BCUT2D eigenvalue weighted by atomic mass is 10.3. The number of rotatable bonds is 4. The fraction of sp³-hybridized carbons (Fsp3) is 0.167. The molecule has 0 fully saturated rings. The van der Waals surface area contributed by atoms with Crippen molar-refractivity contribution in [2.75, 3.05) is 17.7 Å². The molecule has 17 heavy (non-hydrogen) atoms. The maximum absolute atomic E-state index is 5.46. The first kappa shape index (κ1) is 11.2. The second-order valence-electron chi connectivity index (χ2n) is 3.41. The third-order valence-electron chi connectivity index (χ3n) is 2.09. The van der Waals surface area contributed by atoms with Crippen molar-refractivity contribution in [2.45, 2.75) is 6.92 Å². The van der Waals surface area contributed by atoms with E-state index >= 15 is 0 Å². The highest BCUT2D eigenvalue weighted by atomic mass is 16.5. The summed E-state index contributed by atoms with van der Waals surface area (Å²) in [5, 5.41) is 3.12. The summed E-state index contributed by atoms with van der Waals surface area (Å²) in [6.45, 7) is 2.59. The molecule has 3 N–H and O–H groups in total. The number of benzene rings is 1. The summed E-state index contributed by atoms with van der Waals surface area (Å²) in [5.41, 5.74) is 6.36. The van der Waals surface area contributed by atoms with E-state index in [1.807, 2.05) is 31.2 Å². The molecule has 0 saturated carbocycles. The van der Waals surface area contributed by atoms with E-state index in [9.17, 15) is 0 Å². The van der Waals surface area contributed by atoms with Crippen molar-refractivity contribution < 1.29 is 4.74 Å². The number of ether oxygens (including phenoxy) is 1. The Morgan fingerprint density at radius 1 is 1.29 bits per heavy atom. The Morgan fingerprint density at radius 2 is 2.18 bits per heavy atom. The molecule has 2 aromatic rings. The molecule has 0 saturated heterocycles. The normalized spacial score (nSPS) is 9.94. The van der Waals surface area contributed by atoms with Gasteiger partial charge in [0.1, 0.15) is 17.4 Å². The van der Waals surface area contributed by atoms with Crippen LogP contribution in [0.2, 0.25) is 0 Å². The van der Waals surface area contributed by atoms with Gasteiger partial charge in [-0.05, 0) is 19.1 Å². The Morgan fingerprint density at radius 3 is 2.88 bits per heavy atom. The quantitative estimate of drug-likeness (QED) is 0.842. The van der Waals surface area contributed by atoms with E-state index in [4.69, 9.17) is 10.5 Å². The minimum absolute atomic E-state index is 0.401. The number of anilines is 3. The number of nitrogens with zero attached hydrogens (tertiary/aromatic N) is 2. The summed E-state index contributed by atoms with van der Waals surface area (Å²) < 4.78 is 5.41. The first-order valence-corrected chi connectivity index (χ1v) is 5.35. The molecule has 5 nitrogen and oxygen atoms in total. The number of nitrogen functional groups attached to an aromatic ring is 1. The summed E-state index contributed by atoms with van der Waals surface area (Å²) in [7, 11) is 0. The number of hydrogen-bond acceptors (Lipinski definition) is 5. The van der Waals surface area contributed by atoms with Crippen LogP contribution in [0.3, 0.4) is 0 Å². The monoisotopic (exact) mass is 230 g/mol. The van der Waals surface area contributed by atoms with Gasteiger partial charge in [-0.3, -0.25) is 0 Å². The average Bonchev–Trinajstić information content (AvgIpc) is 2.33. The summed E-state index contributed by atoms with van der Waals surface area (Å²) in [6.07, 6.45) is 3.09. The molecule has 0 bridgehead atoms. The Bertz CT molecular complexity index is 484. The van der Waals surface area contributed by atoms with Gasteiger partial charge in [-0.2, -0.15) is 0 Å². The molecule has 0 amide bonds. The number of hydrogen-bond donors (Lipinski definition) is 2. The summed E-state index contributed by atoms with van der Waals surface area (Å²) in [6, 6.07) is 7.66. The standard InChI is InChI=1S/C12H14N4O/c1-2-17-10-5-3-4-9(6-10)16-12-8-14-11(13)7-15-12/h3-8H,2H2,1H3,(H2,13,14)(H,15,16). The maximum atomic E-state index is 5.46. The van der Waals surface area contributed by atoms with Crippen LogP contribution in [0, 0.1) is 0 Å². The molecule has 2 rings (SSSR count). The molecule has 1 heterocycles. The minimum Gasteiger partial charge on any atom is -0.494 e. The van der Waals surface area contributed by atoms with Gasteiger partial charge in [-0.15, -0.1) is 0 Å². The second kappa shape index (κ2) is 5.16. The first-order chi connectivity index (χ1) is 8.28. The van der Waals surface area contributed by atoms with Crippen LogP contribution in [-0.4, -0.2) is 16.6 Å². The van der Waals surface area contributed by atoms with E-state index in [2.05, 4.69) is 15.3 Å². The number of nitrogens with two attached hydrogens (primary N) is 1. The second-order valence-corrected chi connectivity index (χ2v) is 3.41. The van der Waals surface area contributed by atoms with Crippen molar-refractivity contribution in [2.24, 2.45) is 0 Å². The minimum atomic E-state index is 0.401. The molecule has 0 radical (unpaired) electrons. The molecule has 1 aromatic heterocycles. The van der Waals surface area contributed by atoms with E-state index in [1.165, 1.54) is 6.20 Å². The molecule has 0 atom stereocenters. The van der Waals surface area contributed by atoms with Crippen molar-refractivity contribution in [3.8, 4) is 5.75 Å². The molecule has 0 aliphatic rings. The fourth-order valence-corrected chi connectivity index (χ4v) is 1.38. The van der Waals surface area contributed by atoms with E-state index in [1.54, 1.807) is 6.20 Å². The van der Waals surface area contributed by atoms with Crippen LogP contribution >= 0.6 is 0 Å². The van der Waals surface area contributed by atoms with Crippen LogP contribution in [-0.2, 0) is 0 Å². The van der Waals surface area contributed by atoms with Crippen molar-refractivity contribution in [1.29, 1.82) is 0 Å². The summed E-state index contributed by atoms with van der Waals surface area (Å²) in [4.78, 5) is 8.07. The predicted molar refractivity (Wildman–Crippen MR) is 67.3 cm³/mol. The first-order valence-electron chi connectivity index (χ1n) is 5.35. The van der Waals surface area contributed by atoms with E-state index < -0.39 is 0 Å². The van der Waals surface area contributed by atoms with Crippen molar-refractivity contribution in [3.63, 3.8) is 0 Å². The Hall–Kier alpha value is -2.30. The van der Waals surface area contributed by atoms with Gasteiger partial charge in [0.25, 0.3) is 0 Å². The molecular weight excluding hydrogens is 216 g/mol. The lowest BCUT2D eigenvalue weighted by Gasteiger charge is -2.07. The highest BCUT2D eigenvalue weighted by Gasteiger charge is 1.98. The predicted octanol–water partition coefficient (Wildman–Crippen LogP) is 2.20. The fourth-order valence-electron chi connectivity index (χ4n) is 1.38. The van der Waals surface area contributed by atoms with Gasteiger partial charge < -0.3 is 15.8 Å². The van der Waals surface area contributed by atoms with E-state index in [0.29, 0.717) is 18.2 Å². The topological polar surface area (TPSA) is 73.1 Å². The molecule has 0 aliphatic heterocycles. The highest BCUT2D eigenvalue weighted by Crippen LogP contribution is 2.20. The maximum Gasteiger partial charge on any atom is 0.149 e. The molecule has 1 aromatic carbocycles. The van der Waals surface area contributed by atoms with Crippen molar-refractivity contribution >= 4 is 17.3 Å². The lowest BCUT2D eigenvalue weighted by molar-refractivity contribution is 0.340. The third-order valence-corrected chi connectivity index (χ3v) is 2.09. The molecule has 0 spiro atoms. The smallest absolute Gasteiger partial charge is 0.149 e. The van der Waals surface area contributed by atoms with Crippen LogP contribution in [0.25, 0.3) is 0 Å². The Balaban J connectivity index is 2.12. The third kappa shape index (κ3) is 3.07. The van der Waals surface area contributed by atoms with Gasteiger partial charge in [0.05, 0.1) is 19.0 Å². The molecule has 5 heteroatoms. The Labute approximate surface area is 99.7 Å². The number of nitrogens with one attached hydrogen (secondary N) is 1. The van der Waals surface area contributed by atoms with Gasteiger partial charge in [0.15, 0.2) is 0 Å². The zero-order chi connectivity index (χ0) is 12.1. The Kier molecular flexibility index (Phi) is 3.40. The van der Waals surface area contributed by atoms with Crippen LogP contribution in [0.1, 0.15) is 6.92 Å². The van der Waals surface area contributed by atoms with Crippen LogP contribution in [0.15, 0.2) is 36.7 Å². The molecular formula is C12H14N4O. The van der Waals surface area contributed by atoms with Crippen molar-refractivity contribution in [1.82, 2.24) is 9.97 Å². The van der Waals surface area contributed by atoms with Gasteiger partial charge in [-0.25, -0.2) is 9.97 Å². The van der Waals surface area contributed by atoms with E-state index in [0.717, 1.165) is 11.4 Å². The van der Waals surface area contributed by atoms with Gasteiger partial charge in [0.2, 0.25) is 0 Å². The van der Waals surface area contributed by atoms with Crippen LogP contribution in [0.5, 0.6) is 5.75 Å². The molecule has 88 valence electrons. The van der Waals surface area contributed by atoms with Gasteiger partial charge >= 0.3 is 0 Å². The van der Waals surface area contributed by atoms with Crippen molar-refractivity contribution in [3.05, 3.63) is 36.7 Å². The zero-order valence-corrected chi connectivity index (χ0v) is 9.55. The van der Waals surface area contributed by atoms with E-state index in [-0.39, 0.29) is 0 Å². The highest BCUT2D eigenvalue weighted by molar-refractivity contribution is 5.57. The van der Waals surface area contributed by atoms with Crippen LogP contribution < -0.4 is 15.8 Å². The lowest BCUT2D eigenvalue weighted by Crippen LogP contribution is -1.98. The number of aromatic nitrogens is 2. The largest absolute Gasteiger partial charge is 0.494 e. The summed E-state index contributed by atoms with van der Waals surface area (Å²) in [5.74, 6) is 1.87. The zero-order valence-electron chi connectivity index (χ0n) is 9.55. The SMILES string of the molecule is CCOc1cccc(Nc2cnc(N)cn2)c1. The van der Waals surface area contributed by atoms with Crippen LogP contribution in [0.4, 0.5) is 17.3 Å². The molecule has 0 aliphatic carbocycles. The molecule has 0 unspecified atom stereocenters. The average molecular weight is 230 g/mol. The van der Waals surface area contributed by atoms with Gasteiger partial charge in [-0.1, -0.05) is 6.07 Å². The summed E-state index contributed by atoms with van der Waals surface area (Å²) >= 11 is 0. The van der Waals surface area contributed by atoms with Gasteiger partial charge in [0, 0.05) is 11.8 Å².